The molecule has 0 aliphatic carbocycles. The predicted octanol–water partition coefficient (Wildman–Crippen LogP) is -0.487. The summed E-state index contributed by atoms with van der Waals surface area (Å²) in [6, 6.07) is 0. The molecule has 0 bridgehead atoms. The standard InChI is InChI=1S/C2H5B5P/c1-2-8(4)7-6-5-3/h2H2,1H3. The SMILES string of the molecule is [B]=BB=BP(#B)CC. The van der Waals surface area contributed by atoms with Gasteiger partial charge in [-0.15, -0.1) is 0 Å². The van der Waals surface area contributed by atoms with Crippen LogP contribution in [0.15, 0.2) is 0 Å². The summed E-state index contributed by atoms with van der Waals surface area (Å²) < 4.78 is 0. The van der Waals surface area contributed by atoms with Crippen molar-refractivity contribution in [2.24, 2.45) is 0 Å². The molecule has 0 fully saturated rings. The van der Waals surface area contributed by atoms with E-state index in [0.29, 0.717) is 0 Å². The van der Waals surface area contributed by atoms with Crippen molar-refractivity contribution in [1.82, 2.24) is 0 Å². The fourth-order valence-electron chi connectivity index (χ4n) is 0.266. The van der Waals surface area contributed by atoms with Crippen molar-refractivity contribution in [2.75, 3.05) is 6.16 Å². The molecule has 1 atom stereocenters. The molecule has 0 amide bonds. The van der Waals surface area contributed by atoms with E-state index in [1.165, 1.54) is 6.69 Å². The summed E-state index contributed by atoms with van der Waals surface area (Å²) in [5, 5.41) is 0. The predicted molar refractivity (Wildman–Crippen MR) is 46.2 cm³/mol. The topological polar surface area (TPSA) is 0 Å². The van der Waals surface area contributed by atoms with Crippen molar-refractivity contribution in [3.8, 4) is 0 Å². The van der Waals surface area contributed by atoms with Crippen LogP contribution in [0, 0.1) is 0 Å². The van der Waals surface area contributed by atoms with Crippen molar-refractivity contribution >= 4 is 41.4 Å². The summed E-state index contributed by atoms with van der Waals surface area (Å²) in [6.07, 6.45) is 1.03. The molecule has 0 aliphatic rings. The molecule has 0 aromatic heterocycles. The first kappa shape index (κ1) is 8.62. The first-order chi connectivity index (χ1) is 3.81. The molecule has 0 saturated heterocycles. The summed E-state index contributed by atoms with van der Waals surface area (Å²) in [5.41, 5.74) is 0. The van der Waals surface area contributed by atoms with E-state index < -0.39 is 0 Å². The molecule has 0 N–H and O–H groups in total. The fourth-order valence-corrected chi connectivity index (χ4v) is 0.797. The van der Waals surface area contributed by atoms with Gasteiger partial charge in [0.05, 0.1) is 0 Å². The van der Waals surface area contributed by atoms with Crippen LogP contribution in [-0.2, 0) is 0 Å². The number of rotatable bonds is 1. The summed E-state index contributed by atoms with van der Waals surface area (Å²) in [5.74, 6) is 0. The Bertz CT molecular complexity index is 152. The van der Waals surface area contributed by atoms with Crippen molar-refractivity contribution in [3.63, 3.8) is 0 Å². The van der Waals surface area contributed by atoms with Gasteiger partial charge in [-0.25, -0.2) is 0 Å². The molecule has 0 aromatic rings. The monoisotopic (exact) mass is 115 g/mol. The average Bonchev–Trinajstić information content (AvgIpc) is 1.83. The molecule has 0 aliphatic heterocycles. The van der Waals surface area contributed by atoms with E-state index in [2.05, 4.69) is 6.92 Å². The third-order valence-electron chi connectivity index (χ3n) is 0.754. The van der Waals surface area contributed by atoms with Crippen molar-refractivity contribution in [3.05, 3.63) is 0 Å². The molecular formula is C2H5B5P. The maximum absolute atomic E-state index is 5.56. The second kappa shape index (κ2) is 5.76. The molecule has 0 saturated carbocycles. The molecule has 1 radical (unpaired) electrons. The van der Waals surface area contributed by atoms with Gasteiger partial charge >= 0.3 is 54.5 Å². The first-order valence-corrected chi connectivity index (χ1v) is 4.20. The molecule has 0 heterocycles. The zero-order chi connectivity index (χ0) is 6.41. The molecule has 0 nitrogen and oxygen atoms in total. The van der Waals surface area contributed by atoms with Crippen LogP contribution in [0.4, 0.5) is 0 Å². The van der Waals surface area contributed by atoms with Gasteiger partial charge in [0, 0.05) is 0 Å². The number of hydrogen-bond acceptors (Lipinski definition) is 0. The van der Waals surface area contributed by atoms with E-state index >= 15 is 0 Å². The van der Waals surface area contributed by atoms with E-state index in [-0.39, 0.29) is 7.12 Å². The van der Waals surface area contributed by atoms with Gasteiger partial charge in [-0.1, -0.05) is 0 Å². The zero-order valence-electron chi connectivity index (χ0n) is 5.04. The number of hydrogen-bond donors (Lipinski definition) is 0. The minimum absolute atomic E-state index is 0.376. The van der Waals surface area contributed by atoms with Gasteiger partial charge in [-0.05, 0) is 0 Å². The van der Waals surface area contributed by atoms with Crippen LogP contribution in [0.2, 0.25) is 0 Å². The van der Waals surface area contributed by atoms with E-state index in [0.717, 1.165) is 6.16 Å². The Balaban J connectivity index is 3.58. The van der Waals surface area contributed by atoms with E-state index in [4.69, 9.17) is 14.4 Å². The molecule has 0 aromatic carbocycles. The second-order valence-electron chi connectivity index (χ2n) is 1.36. The third-order valence-corrected chi connectivity index (χ3v) is 2.04. The third kappa shape index (κ3) is 4.78. The van der Waals surface area contributed by atoms with Crippen LogP contribution in [0.3, 0.4) is 0 Å². The van der Waals surface area contributed by atoms with Crippen molar-refractivity contribution in [2.45, 2.75) is 6.92 Å². The summed E-state index contributed by atoms with van der Waals surface area (Å²) >= 11 is 0. The molecule has 1 unspecified atom stereocenters. The Hall–Kier alpha value is 0.625. The Kier molecular flexibility index (Phi) is 6.21. The zero-order valence-corrected chi connectivity index (χ0v) is 5.94. The normalized spacial score (nSPS) is 9.50. The van der Waals surface area contributed by atoms with E-state index in [9.17, 15) is 0 Å². The molecule has 0 rings (SSSR count). The van der Waals surface area contributed by atoms with Crippen molar-refractivity contribution in [1.29, 1.82) is 0 Å². The van der Waals surface area contributed by atoms with Crippen LogP contribution < -0.4 is 0 Å². The first-order valence-electron chi connectivity index (χ1n) is 2.54. The molecule has 0 spiro atoms. The van der Waals surface area contributed by atoms with Crippen LogP contribution in [0.25, 0.3) is 0 Å². The molecule has 33 valence electrons. The van der Waals surface area contributed by atoms with Gasteiger partial charge in [-0.2, -0.15) is 0 Å². The van der Waals surface area contributed by atoms with Gasteiger partial charge in [0.15, 0.2) is 0 Å². The maximum atomic E-state index is 5.56. The van der Waals surface area contributed by atoms with Gasteiger partial charge in [0.25, 0.3) is 0 Å². The van der Waals surface area contributed by atoms with Gasteiger partial charge < -0.3 is 0 Å². The van der Waals surface area contributed by atoms with Crippen LogP contribution in [0.1, 0.15) is 6.92 Å². The quantitative estimate of drug-likeness (QED) is 0.319. The van der Waals surface area contributed by atoms with E-state index in [1.54, 1.807) is 6.69 Å². The summed E-state index contributed by atoms with van der Waals surface area (Å²) in [4.78, 5) is 0. The van der Waals surface area contributed by atoms with Gasteiger partial charge in [-0.3, -0.25) is 0 Å². The molecule has 6 heteroatoms. The van der Waals surface area contributed by atoms with Crippen LogP contribution >= 0.6 is 7.12 Å². The Morgan fingerprint density at radius 1 is 1.62 bits per heavy atom. The van der Waals surface area contributed by atoms with Gasteiger partial charge in [0.2, 0.25) is 0 Å². The second-order valence-corrected chi connectivity index (χ2v) is 3.32. The molecule has 8 heavy (non-hydrogen) atoms. The Labute approximate surface area is 55.1 Å². The van der Waals surface area contributed by atoms with Crippen LogP contribution in [0.5, 0.6) is 0 Å². The van der Waals surface area contributed by atoms with Crippen molar-refractivity contribution < 1.29 is 0 Å². The Morgan fingerprint density at radius 3 is 2.62 bits per heavy atom. The minimum atomic E-state index is -0.376. The molecular weight excluding hydrogens is 109 g/mol. The summed E-state index contributed by atoms with van der Waals surface area (Å²) in [7, 11) is 10.3. The average molecular weight is 114 g/mol. The van der Waals surface area contributed by atoms with E-state index in [1.807, 2.05) is 6.52 Å². The summed E-state index contributed by atoms with van der Waals surface area (Å²) in [6.45, 7) is 7.29. The van der Waals surface area contributed by atoms with Crippen LogP contribution in [-0.4, -0.2) is 40.4 Å². The Morgan fingerprint density at radius 2 is 2.25 bits per heavy atom. The fraction of sp³-hybridized carbons (Fsp3) is 1.00. The van der Waals surface area contributed by atoms with Gasteiger partial charge in [0.1, 0.15) is 0 Å².